The number of benzene rings is 2. The molecule has 2 aromatic carbocycles. The Morgan fingerprint density at radius 3 is 2.33 bits per heavy atom. The van der Waals surface area contributed by atoms with E-state index in [-0.39, 0.29) is 18.4 Å². The second-order valence-corrected chi connectivity index (χ2v) is 7.80. The van der Waals surface area contributed by atoms with Crippen LogP contribution in [-0.2, 0) is 16.0 Å². The van der Waals surface area contributed by atoms with E-state index >= 15 is 0 Å². The molecule has 1 N–H and O–H groups in total. The third-order valence-electron chi connectivity index (χ3n) is 5.44. The van der Waals surface area contributed by atoms with Gasteiger partial charge in [0.2, 0.25) is 5.91 Å². The molecular formula is C23H24ClN3O3. The summed E-state index contributed by atoms with van der Waals surface area (Å²) in [4.78, 5) is 31.9. The molecule has 3 aromatic rings. The first-order valence-corrected chi connectivity index (χ1v) is 10.5. The highest BCUT2D eigenvalue weighted by Crippen LogP contribution is 2.20. The predicted octanol–water partition coefficient (Wildman–Crippen LogP) is 3.50. The van der Waals surface area contributed by atoms with Gasteiger partial charge in [-0.15, -0.1) is 0 Å². The van der Waals surface area contributed by atoms with E-state index in [1.165, 1.54) is 5.39 Å². The van der Waals surface area contributed by atoms with E-state index in [0.717, 1.165) is 11.1 Å². The lowest BCUT2D eigenvalue weighted by molar-refractivity contribution is -0.140. The zero-order valence-electron chi connectivity index (χ0n) is 16.6. The minimum absolute atomic E-state index is 0.0177. The fraction of sp³-hybridized carbons (Fsp3) is 0.304. The number of carbonyl (C=O) groups excluding carboxylic acids is 2. The van der Waals surface area contributed by atoms with Gasteiger partial charge < -0.3 is 19.5 Å². The van der Waals surface area contributed by atoms with Gasteiger partial charge in [-0.1, -0.05) is 29.8 Å². The zero-order chi connectivity index (χ0) is 20.9. The van der Waals surface area contributed by atoms with Gasteiger partial charge >= 0.3 is 0 Å². The lowest BCUT2D eigenvalue weighted by Crippen LogP contribution is -2.51. The summed E-state index contributed by atoms with van der Waals surface area (Å²) in [6.45, 7) is 2.15. The first kappa shape index (κ1) is 20.3. The summed E-state index contributed by atoms with van der Waals surface area (Å²) in [5.41, 5.74) is 2.25. The number of para-hydroxylation sites is 1. The number of halogens is 1. The Bertz CT molecular complexity index is 1020. The van der Waals surface area contributed by atoms with Gasteiger partial charge in [-0.05, 0) is 42.3 Å². The highest BCUT2D eigenvalue weighted by Gasteiger charge is 2.24. The summed E-state index contributed by atoms with van der Waals surface area (Å²) in [7, 11) is 0. The summed E-state index contributed by atoms with van der Waals surface area (Å²) in [6, 6.07) is 15.0. The number of fused-ring (bicyclic) bond motifs is 1. The van der Waals surface area contributed by atoms with Crippen LogP contribution < -0.4 is 4.74 Å². The number of hydrogen-bond donors (Lipinski definition) is 1. The fourth-order valence-corrected chi connectivity index (χ4v) is 3.84. The Kier molecular flexibility index (Phi) is 6.23. The Morgan fingerprint density at radius 2 is 1.60 bits per heavy atom. The molecule has 0 saturated carbocycles. The average Bonchev–Trinajstić information content (AvgIpc) is 3.20. The minimum atomic E-state index is -0.0733. The summed E-state index contributed by atoms with van der Waals surface area (Å²) in [6.07, 6.45) is 3.15. The number of aryl methyl sites for hydroxylation is 1. The molecule has 1 aliphatic rings. The molecule has 1 fully saturated rings. The van der Waals surface area contributed by atoms with E-state index in [2.05, 4.69) is 11.1 Å². The molecule has 0 atom stereocenters. The number of piperazine rings is 1. The minimum Gasteiger partial charge on any atom is -0.484 e. The van der Waals surface area contributed by atoms with Crippen LogP contribution in [0.15, 0.2) is 54.7 Å². The van der Waals surface area contributed by atoms with Crippen molar-refractivity contribution in [1.82, 2.24) is 14.8 Å². The highest BCUT2D eigenvalue weighted by atomic mass is 35.5. The molecule has 1 aromatic heterocycles. The van der Waals surface area contributed by atoms with Crippen LogP contribution in [-0.4, -0.2) is 59.4 Å². The molecule has 7 heteroatoms. The van der Waals surface area contributed by atoms with Gasteiger partial charge in [0.15, 0.2) is 6.61 Å². The van der Waals surface area contributed by atoms with E-state index in [0.29, 0.717) is 49.8 Å². The molecule has 2 amide bonds. The van der Waals surface area contributed by atoms with Gasteiger partial charge in [0.05, 0.1) is 0 Å². The molecule has 1 saturated heterocycles. The number of aromatic amines is 1. The number of ether oxygens (including phenoxy) is 1. The number of hydrogen-bond acceptors (Lipinski definition) is 3. The molecule has 156 valence electrons. The lowest BCUT2D eigenvalue weighted by Gasteiger charge is -2.34. The third-order valence-corrected chi connectivity index (χ3v) is 5.70. The Labute approximate surface area is 180 Å². The molecule has 0 unspecified atom stereocenters. The Morgan fingerprint density at radius 1 is 0.933 bits per heavy atom. The topological polar surface area (TPSA) is 65.6 Å². The Hall–Kier alpha value is -2.99. The smallest absolute Gasteiger partial charge is 0.260 e. The molecule has 6 nitrogen and oxygen atoms in total. The van der Waals surface area contributed by atoms with Crippen molar-refractivity contribution in [1.29, 1.82) is 0 Å². The predicted molar refractivity (Wildman–Crippen MR) is 117 cm³/mol. The molecule has 4 rings (SSSR count). The van der Waals surface area contributed by atoms with Crippen molar-refractivity contribution in [2.24, 2.45) is 0 Å². The number of rotatable bonds is 6. The largest absolute Gasteiger partial charge is 0.484 e. The van der Waals surface area contributed by atoms with Crippen LogP contribution in [0.5, 0.6) is 5.75 Å². The maximum atomic E-state index is 12.6. The van der Waals surface area contributed by atoms with Crippen molar-refractivity contribution in [2.45, 2.75) is 12.8 Å². The molecule has 0 aliphatic carbocycles. The van der Waals surface area contributed by atoms with Crippen LogP contribution in [0.2, 0.25) is 5.02 Å². The molecule has 0 bridgehead atoms. The Balaban J connectivity index is 1.22. The first-order chi connectivity index (χ1) is 14.6. The van der Waals surface area contributed by atoms with E-state index in [4.69, 9.17) is 16.3 Å². The maximum Gasteiger partial charge on any atom is 0.260 e. The van der Waals surface area contributed by atoms with Crippen molar-refractivity contribution in [3.05, 3.63) is 65.3 Å². The number of nitrogens with one attached hydrogen (secondary N) is 1. The van der Waals surface area contributed by atoms with E-state index < -0.39 is 0 Å². The van der Waals surface area contributed by atoms with Crippen LogP contribution in [0.3, 0.4) is 0 Å². The van der Waals surface area contributed by atoms with Crippen molar-refractivity contribution < 1.29 is 14.3 Å². The summed E-state index contributed by atoms with van der Waals surface area (Å²) < 4.78 is 5.53. The van der Waals surface area contributed by atoms with E-state index in [1.807, 2.05) is 29.3 Å². The number of carbonyl (C=O) groups is 2. The van der Waals surface area contributed by atoms with Crippen molar-refractivity contribution in [3.63, 3.8) is 0 Å². The van der Waals surface area contributed by atoms with Crippen molar-refractivity contribution >= 4 is 34.3 Å². The quantitative estimate of drug-likeness (QED) is 0.657. The maximum absolute atomic E-state index is 12.6. The van der Waals surface area contributed by atoms with Gasteiger partial charge in [0, 0.05) is 54.7 Å². The number of H-pyrrole nitrogens is 1. The number of amides is 2. The standard InChI is InChI=1S/C23H24ClN3O3/c24-18-6-8-19(9-7-18)30-16-23(29)27-13-11-26(12-14-27)22(28)10-5-17-15-25-21-4-2-1-3-20(17)21/h1-4,6-9,15,25H,5,10-14,16H2. The van der Waals surface area contributed by atoms with Crippen LogP contribution in [0, 0.1) is 0 Å². The average molecular weight is 426 g/mol. The lowest BCUT2D eigenvalue weighted by atomic mass is 10.1. The normalized spacial score (nSPS) is 14.2. The van der Waals surface area contributed by atoms with E-state index in [1.54, 1.807) is 29.2 Å². The van der Waals surface area contributed by atoms with Crippen molar-refractivity contribution in [2.75, 3.05) is 32.8 Å². The fourth-order valence-electron chi connectivity index (χ4n) is 3.71. The summed E-state index contributed by atoms with van der Waals surface area (Å²) in [5, 5.41) is 1.79. The van der Waals surface area contributed by atoms with Gasteiger partial charge in [0.1, 0.15) is 5.75 Å². The number of nitrogens with zero attached hydrogens (tertiary/aromatic N) is 2. The second kappa shape index (κ2) is 9.22. The van der Waals surface area contributed by atoms with Gasteiger partial charge in [-0.3, -0.25) is 9.59 Å². The van der Waals surface area contributed by atoms with Crippen molar-refractivity contribution in [3.8, 4) is 5.75 Å². The summed E-state index contributed by atoms with van der Waals surface area (Å²) in [5.74, 6) is 0.666. The van der Waals surface area contributed by atoms with Crippen LogP contribution >= 0.6 is 11.6 Å². The first-order valence-electron chi connectivity index (χ1n) is 10.1. The van der Waals surface area contributed by atoms with Crippen LogP contribution in [0.4, 0.5) is 0 Å². The molecule has 30 heavy (non-hydrogen) atoms. The molecule has 2 heterocycles. The molecule has 0 spiro atoms. The molecule has 0 radical (unpaired) electrons. The second-order valence-electron chi connectivity index (χ2n) is 7.36. The molecule has 1 aliphatic heterocycles. The third kappa shape index (κ3) is 4.76. The van der Waals surface area contributed by atoms with Crippen LogP contribution in [0.25, 0.3) is 10.9 Å². The summed E-state index contributed by atoms with van der Waals surface area (Å²) >= 11 is 5.85. The number of aromatic nitrogens is 1. The van der Waals surface area contributed by atoms with Gasteiger partial charge in [-0.25, -0.2) is 0 Å². The highest BCUT2D eigenvalue weighted by molar-refractivity contribution is 6.30. The van der Waals surface area contributed by atoms with Gasteiger partial charge in [0.25, 0.3) is 5.91 Å². The van der Waals surface area contributed by atoms with Gasteiger partial charge in [-0.2, -0.15) is 0 Å². The van der Waals surface area contributed by atoms with E-state index in [9.17, 15) is 9.59 Å². The monoisotopic (exact) mass is 425 g/mol. The SMILES string of the molecule is O=C(CCc1c[nH]c2ccccc12)N1CCN(C(=O)COc2ccc(Cl)cc2)CC1. The molecular weight excluding hydrogens is 402 g/mol. The van der Waals surface area contributed by atoms with Crippen LogP contribution in [0.1, 0.15) is 12.0 Å². The zero-order valence-corrected chi connectivity index (χ0v) is 17.4.